The Labute approximate surface area is 111 Å². The summed E-state index contributed by atoms with van der Waals surface area (Å²) in [6.07, 6.45) is 3.21. The van der Waals surface area contributed by atoms with Crippen LogP contribution in [0.2, 0.25) is 0 Å². The van der Waals surface area contributed by atoms with Crippen LogP contribution in [0.15, 0.2) is 52.0 Å². The van der Waals surface area contributed by atoms with E-state index in [1.54, 1.807) is 29.1 Å². The maximum Gasteiger partial charge on any atom is 0.275 e. The molecule has 0 saturated heterocycles. The Morgan fingerprint density at radius 2 is 1.89 bits per heavy atom. The zero-order valence-corrected chi connectivity index (χ0v) is 10.8. The minimum Gasteiger partial charge on any atom is -0.349 e. The topological polar surface area (TPSA) is 65.1 Å². The third-order valence-corrected chi connectivity index (χ3v) is 2.95. The van der Waals surface area contributed by atoms with Gasteiger partial charge in [-0.1, -0.05) is 15.9 Å². The number of nitro benzene ring substituents is 1. The molecule has 0 fully saturated rings. The maximum atomic E-state index is 11.0. The second kappa shape index (κ2) is 5.14. The van der Waals surface area contributed by atoms with Gasteiger partial charge < -0.3 is 4.57 Å². The van der Waals surface area contributed by atoms with Crippen molar-refractivity contribution in [3.05, 3.63) is 73.1 Å². The highest BCUT2D eigenvalue weighted by molar-refractivity contribution is 9.10. The lowest BCUT2D eigenvalue weighted by Crippen LogP contribution is -2.06. The van der Waals surface area contributed by atoms with Crippen molar-refractivity contribution in [2.24, 2.45) is 0 Å². The quantitative estimate of drug-likeness (QED) is 0.646. The largest absolute Gasteiger partial charge is 0.349 e. The molecule has 0 spiro atoms. The monoisotopic (exact) mass is 308 g/mol. The van der Waals surface area contributed by atoms with Gasteiger partial charge in [0, 0.05) is 40.6 Å². The first-order chi connectivity index (χ1) is 8.56. The molecule has 0 bridgehead atoms. The third kappa shape index (κ3) is 2.84. The highest BCUT2D eigenvalue weighted by atomic mass is 79.9. The van der Waals surface area contributed by atoms with Gasteiger partial charge in [-0.25, -0.2) is 0 Å². The van der Waals surface area contributed by atoms with Crippen LogP contribution < -0.4 is 5.43 Å². The van der Waals surface area contributed by atoms with E-state index < -0.39 is 4.92 Å². The first kappa shape index (κ1) is 12.5. The number of halogens is 1. The van der Waals surface area contributed by atoms with Crippen molar-refractivity contribution >= 4 is 21.6 Å². The van der Waals surface area contributed by atoms with E-state index in [1.807, 2.05) is 0 Å². The molecular weight excluding hydrogens is 300 g/mol. The van der Waals surface area contributed by atoms with Gasteiger partial charge in [-0.3, -0.25) is 14.9 Å². The molecule has 0 radical (unpaired) electrons. The summed E-state index contributed by atoms with van der Waals surface area (Å²) in [5.74, 6) is 0. The summed E-state index contributed by atoms with van der Waals surface area (Å²) in [5, 5.41) is 10.9. The van der Waals surface area contributed by atoms with Gasteiger partial charge in [0.05, 0.1) is 11.5 Å². The van der Waals surface area contributed by atoms with Crippen molar-refractivity contribution in [1.82, 2.24) is 4.57 Å². The van der Waals surface area contributed by atoms with E-state index >= 15 is 0 Å². The average Bonchev–Trinajstić information content (AvgIpc) is 2.34. The molecule has 0 atom stereocenters. The molecule has 0 unspecified atom stereocenters. The van der Waals surface area contributed by atoms with Gasteiger partial charge in [0.2, 0.25) is 0 Å². The summed E-state index contributed by atoms with van der Waals surface area (Å²) in [6, 6.07) is 7.76. The maximum absolute atomic E-state index is 11.0. The van der Waals surface area contributed by atoms with Crippen molar-refractivity contribution in [3.8, 4) is 0 Å². The first-order valence-electron chi connectivity index (χ1n) is 5.15. The second-order valence-electron chi connectivity index (χ2n) is 3.74. The van der Waals surface area contributed by atoms with Crippen molar-refractivity contribution in [2.45, 2.75) is 6.54 Å². The Morgan fingerprint density at radius 3 is 2.50 bits per heavy atom. The molecule has 1 aromatic carbocycles. The van der Waals surface area contributed by atoms with E-state index in [9.17, 15) is 14.9 Å². The highest BCUT2D eigenvalue weighted by Gasteiger charge is 2.13. The number of nitro groups is 1. The number of rotatable bonds is 3. The molecule has 2 rings (SSSR count). The molecule has 2 aromatic rings. The van der Waals surface area contributed by atoms with Gasteiger partial charge in [-0.15, -0.1) is 0 Å². The molecule has 0 aliphatic heterocycles. The van der Waals surface area contributed by atoms with Crippen molar-refractivity contribution in [2.75, 3.05) is 0 Å². The Morgan fingerprint density at radius 1 is 1.22 bits per heavy atom. The van der Waals surface area contributed by atoms with E-state index in [0.29, 0.717) is 16.6 Å². The fourth-order valence-electron chi connectivity index (χ4n) is 1.59. The Kier molecular flexibility index (Phi) is 3.57. The van der Waals surface area contributed by atoms with Gasteiger partial charge >= 0.3 is 0 Å². The van der Waals surface area contributed by atoms with Gasteiger partial charge in [0.1, 0.15) is 0 Å². The Hall–Kier alpha value is -1.95. The molecule has 5 nitrogen and oxygen atoms in total. The number of nitrogens with zero attached hydrogens (tertiary/aromatic N) is 2. The molecule has 1 aromatic heterocycles. The normalized spacial score (nSPS) is 10.3. The fraction of sp³-hybridized carbons (Fsp3) is 0.0833. The number of hydrogen-bond donors (Lipinski definition) is 0. The minimum absolute atomic E-state index is 0.0584. The number of pyridine rings is 1. The third-order valence-electron chi connectivity index (χ3n) is 2.46. The Balaban J connectivity index is 2.36. The van der Waals surface area contributed by atoms with E-state index in [-0.39, 0.29) is 11.1 Å². The van der Waals surface area contributed by atoms with E-state index in [4.69, 9.17) is 0 Å². The summed E-state index contributed by atoms with van der Waals surface area (Å²) in [6.45, 7) is 0.351. The predicted molar refractivity (Wildman–Crippen MR) is 70.6 cm³/mol. The first-order valence-corrected chi connectivity index (χ1v) is 5.94. The predicted octanol–water partition coefficient (Wildman–Crippen LogP) is 2.57. The minimum atomic E-state index is -0.414. The van der Waals surface area contributed by atoms with Gasteiger partial charge in [-0.05, 0) is 12.1 Å². The van der Waals surface area contributed by atoms with Gasteiger partial charge in [0.15, 0.2) is 5.43 Å². The van der Waals surface area contributed by atoms with E-state index in [1.165, 1.54) is 18.2 Å². The van der Waals surface area contributed by atoms with Gasteiger partial charge in [-0.2, -0.15) is 0 Å². The van der Waals surface area contributed by atoms with Gasteiger partial charge in [0.25, 0.3) is 5.69 Å². The number of benzene rings is 1. The van der Waals surface area contributed by atoms with Crippen LogP contribution in [0.5, 0.6) is 0 Å². The molecule has 6 heteroatoms. The summed E-state index contributed by atoms with van der Waals surface area (Å²) in [7, 11) is 0. The van der Waals surface area contributed by atoms with Crippen LogP contribution in [-0.4, -0.2) is 9.49 Å². The fourth-order valence-corrected chi connectivity index (χ4v) is 1.94. The average molecular weight is 309 g/mol. The van der Waals surface area contributed by atoms with Crippen molar-refractivity contribution in [3.63, 3.8) is 0 Å². The molecule has 1 heterocycles. The summed E-state index contributed by atoms with van der Waals surface area (Å²) in [4.78, 5) is 21.5. The lowest BCUT2D eigenvalue weighted by Gasteiger charge is -2.06. The summed E-state index contributed by atoms with van der Waals surface area (Å²) in [5.41, 5.74) is 0.562. The zero-order chi connectivity index (χ0) is 13.1. The lowest BCUT2D eigenvalue weighted by atomic mass is 10.2. The molecule has 0 amide bonds. The molecule has 0 aliphatic rings. The molecule has 0 N–H and O–H groups in total. The van der Waals surface area contributed by atoms with Crippen LogP contribution in [0.25, 0.3) is 0 Å². The second-order valence-corrected chi connectivity index (χ2v) is 4.65. The van der Waals surface area contributed by atoms with Crippen molar-refractivity contribution in [1.29, 1.82) is 0 Å². The number of hydrogen-bond acceptors (Lipinski definition) is 3. The molecule has 92 valence electrons. The smallest absolute Gasteiger partial charge is 0.275 e. The Bertz CT molecular complexity index is 632. The summed E-state index contributed by atoms with van der Waals surface area (Å²) < 4.78 is 2.38. The molecule has 0 aliphatic carbocycles. The number of aromatic nitrogens is 1. The van der Waals surface area contributed by atoms with Crippen LogP contribution in [-0.2, 0) is 6.54 Å². The SMILES string of the molecule is O=c1ccn(Cc2ccc(Br)cc2[N+](=O)[O-])cc1. The van der Waals surface area contributed by atoms with Crippen molar-refractivity contribution < 1.29 is 4.92 Å². The molecular formula is C12H9BrN2O3. The van der Waals surface area contributed by atoms with Crippen LogP contribution >= 0.6 is 15.9 Å². The van der Waals surface area contributed by atoms with Crippen LogP contribution in [0.4, 0.5) is 5.69 Å². The van der Waals surface area contributed by atoms with E-state index in [0.717, 1.165) is 0 Å². The van der Waals surface area contributed by atoms with Crippen LogP contribution in [0.3, 0.4) is 0 Å². The molecule has 18 heavy (non-hydrogen) atoms. The zero-order valence-electron chi connectivity index (χ0n) is 9.25. The standard InChI is InChI=1S/C12H9BrN2O3/c13-10-2-1-9(12(7-10)15(17)18)8-14-5-3-11(16)4-6-14/h1-7H,8H2. The highest BCUT2D eigenvalue weighted by Crippen LogP contribution is 2.24. The molecule has 0 saturated carbocycles. The van der Waals surface area contributed by atoms with Crippen LogP contribution in [0, 0.1) is 10.1 Å². The van der Waals surface area contributed by atoms with Crippen LogP contribution in [0.1, 0.15) is 5.56 Å². The lowest BCUT2D eigenvalue weighted by molar-refractivity contribution is -0.385. The van der Waals surface area contributed by atoms with E-state index in [2.05, 4.69) is 15.9 Å². The summed E-state index contributed by atoms with van der Waals surface area (Å²) >= 11 is 3.21.